The summed E-state index contributed by atoms with van der Waals surface area (Å²) in [5, 5.41) is 3.30. The van der Waals surface area contributed by atoms with Crippen molar-refractivity contribution >= 4 is 29.1 Å². The molecule has 0 bridgehead atoms. The Morgan fingerprint density at radius 1 is 1.54 bits per heavy atom. The zero-order valence-corrected chi connectivity index (χ0v) is 9.54. The molecule has 3 nitrogen and oxygen atoms in total. The quantitative estimate of drug-likeness (QED) is 0.343. The Kier molecular flexibility index (Phi) is 7.04. The first-order valence-corrected chi connectivity index (χ1v) is 4.74. The second kappa shape index (κ2) is 7.18. The van der Waals surface area contributed by atoms with Gasteiger partial charge in [0, 0.05) is 5.88 Å². The van der Waals surface area contributed by atoms with E-state index in [9.17, 15) is 0 Å². The van der Waals surface area contributed by atoms with Gasteiger partial charge in [-0.25, -0.2) is 4.99 Å². The van der Waals surface area contributed by atoms with Gasteiger partial charge in [0.15, 0.2) is 0 Å². The molecule has 0 amide bonds. The Morgan fingerprint density at radius 3 is 2.54 bits per heavy atom. The summed E-state index contributed by atoms with van der Waals surface area (Å²) < 4.78 is 4.98. The van der Waals surface area contributed by atoms with Gasteiger partial charge in [0.25, 0.3) is 0 Å². The van der Waals surface area contributed by atoms with Crippen LogP contribution in [0.15, 0.2) is 15.7 Å². The molecule has 0 aliphatic heterocycles. The minimum Gasteiger partial charge on any atom is -0.483 e. The van der Waals surface area contributed by atoms with Crippen LogP contribution in [0, 0.1) is 0 Å². The summed E-state index contributed by atoms with van der Waals surface area (Å²) in [5.41, 5.74) is 0.828. The standard InChI is InChI=1S/C8H14Cl2N2O/c1-6(4-9)8(10)12-7(13-3)5-11-2/h11H,4-5H2,1-3H3/b8-6-,12-7?. The van der Waals surface area contributed by atoms with Crippen molar-refractivity contribution in [1.29, 1.82) is 0 Å². The molecule has 0 atom stereocenters. The fourth-order valence-corrected chi connectivity index (χ4v) is 0.925. The lowest BCUT2D eigenvalue weighted by atomic mass is 10.4. The fourth-order valence-electron chi connectivity index (χ4n) is 0.569. The molecular weight excluding hydrogens is 211 g/mol. The summed E-state index contributed by atoms with van der Waals surface area (Å²) in [6, 6.07) is 0. The van der Waals surface area contributed by atoms with Crippen molar-refractivity contribution in [1.82, 2.24) is 5.32 Å². The van der Waals surface area contributed by atoms with Gasteiger partial charge >= 0.3 is 0 Å². The summed E-state index contributed by atoms with van der Waals surface area (Å²) >= 11 is 11.4. The highest BCUT2D eigenvalue weighted by Gasteiger charge is 2.00. The average molecular weight is 225 g/mol. The fraction of sp³-hybridized carbons (Fsp3) is 0.625. The molecule has 76 valence electrons. The third kappa shape index (κ3) is 5.13. The molecule has 1 N–H and O–H groups in total. The number of rotatable bonds is 4. The van der Waals surface area contributed by atoms with Crippen molar-refractivity contribution in [2.45, 2.75) is 6.92 Å². The molecule has 0 unspecified atom stereocenters. The van der Waals surface area contributed by atoms with E-state index in [2.05, 4.69) is 10.3 Å². The Labute approximate surface area is 88.8 Å². The summed E-state index contributed by atoms with van der Waals surface area (Å²) in [6.07, 6.45) is 0. The van der Waals surface area contributed by atoms with E-state index in [0.29, 0.717) is 23.5 Å². The predicted molar refractivity (Wildman–Crippen MR) is 57.6 cm³/mol. The molecule has 0 aromatic rings. The zero-order chi connectivity index (χ0) is 10.3. The SMILES string of the molecule is CNCC(=N/C(Cl)=C(/C)CCl)OC. The molecule has 0 aromatic heterocycles. The number of nitrogens with zero attached hydrogens (tertiary/aromatic N) is 1. The molecular formula is C8H14Cl2N2O. The maximum Gasteiger partial charge on any atom is 0.203 e. The van der Waals surface area contributed by atoms with Crippen LogP contribution >= 0.6 is 23.2 Å². The third-order valence-electron chi connectivity index (χ3n) is 1.34. The Morgan fingerprint density at radius 2 is 2.15 bits per heavy atom. The lowest BCUT2D eigenvalue weighted by Gasteiger charge is -2.04. The molecule has 0 aliphatic rings. The van der Waals surface area contributed by atoms with Gasteiger partial charge in [-0.1, -0.05) is 11.6 Å². The van der Waals surface area contributed by atoms with Crippen LogP contribution in [0.2, 0.25) is 0 Å². The first-order chi connectivity index (χ1) is 6.15. The van der Waals surface area contributed by atoms with Gasteiger partial charge in [0.1, 0.15) is 5.16 Å². The van der Waals surface area contributed by atoms with Gasteiger partial charge < -0.3 is 10.1 Å². The molecule has 0 fully saturated rings. The Hall–Kier alpha value is -0.250. The number of halogens is 2. The molecule has 0 heterocycles. The highest BCUT2D eigenvalue weighted by atomic mass is 35.5. The molecule has 0 saturated heterocycles. The predicted octanol–water partition coefficient (Wildman–Crippen LogP) is 1.96. The van der Waals surface area contributed by atoms with Crippen LogP contribution in [0.3, 0.4) is 0 Å². The maximum atomic E-state index is 5.84. The topological polar surface area (TPSA) is 33.6 Å². The Bertz CT molecular complexity index is 214. The average Bonchev–Trinajstić information content (AvgIpc) is 2.15. The number of aliphatic imine (C=N–C) groups is 1. The monoisotopic (exact) mass is 224 g/mol. The number of hydrogen-bond donors (Lipinski definition) is 1. The maximum absolute atomic E-state index is 5.84. The zero-order valence-electron chi connectivity index (χ0n) is 8.03. The van der Waals surface area contributed by atoms with Gasteiger partial charge in [0.2, 0.25) is 5.90 Å². The van der Waals surface area contributed by atoms with Gasteiger partial charge in [-0.05, 0) is 19.5 Å². The number of nitrogens with one attached hydrogen (secondary N) is 1. The third-order valence-corrected chi connectivity index (χ3v) is 2.15. The van der Waals surface area contributed by atoms with Crippen molar-refractivity contribution < 1.29 is 4.74 Å². The highest BCUT2D eigenvalue weighted by molar-refractivity contribution is 6.31. The second-order valence-corrected chi connectivity index (χ2v) is 3.07. The molecule has 0 rings (SSSR count). The van der Waals surface area contributed by atoms with Gasteiger partial charge in [0.05, 0.1) is 13.7 Å². The number of methoxy groups -OCH3 is 1. The van der Waals surface area contributed by atoms with Crippen molar-refractivity contribution in [2.24, 2.45) is 4.99 Å². The van der Waals surface area contributed by atoms with Gasteiger partial charge in [-0.2, -0.15) is 0 Å². The summed E-state index contributed by atoms with van der Waals surface area (Å²) in [4.78, 5) is 4.05. The van der Waals surface area contributed by atoms with E-state index >= 15 is 0 Å². The van der Waals surface area contributed by atoms with E-state index in [1.807, 2.05) is 6.92 Å². The second-order valence-electron chi connectivity index (χ2n) is 2.44. The van der Waals surface area contributed by atoms with E-state index in [0.717, 1.165) is 5.57 Å². The van der Waals surface area contributed by atoms with Crippen molar-refractivity contribution in [3.63, 3.8) is 0 Å². The van der Waals surface area contributed by atoms with Gasteiger partial charge in [-0.15, -0.1) is 11.6 Å². The van der Waals surface area contributed by atoms with Crippen LogP contribution in [0.1, 0.15) is 6.92 Å². The molecule has 0 radical (unpaired) electrons. The first-order valence-electron chi connectivity index (χ1n) is 3.83. The van der Waals surface area contributed by atoms with E-state index in [4.69, 9.17) is 27.9 Å². The van der Waals surface area contributed by atoms with Crippen molar-refractivity contribution in [2.75, 3.05) is 26.6 Å². The normalized spacial score (nSPS) is 14.1. The van der Waals surface area contributed by atoms with Crippen LogP contribution < -0.4 is 5.32 Å². The minimum atomic E-state index is 0.374. The number of allylic oxidation sites excluding steroid dienone is 1. The molecule has 5 heteroatoms. The molecule has 0 saturated carbocycles. The molecule has 13 heavy (non-hydrogen) atoms. The molecule has 0 aromatic carbocycles. The van der Waals surface area contributed by atoms with Crippen LogP contribution in [-0.4, -0.2) is 32.5 Å². The lowest BCUT2D eigenvalue weighted by molar-refractivity contribution is 0.392. The number of hydrogen-bond acceptors (Lipinski definition) is 3. The summed E-state index contributed by atoms with van der Waals surface area (Å²) in [6.45, 7) is 2.37. The largest absolute Gasteiger partial charge is 0.483 e. The minimum absolute atomic E-state index is 0.374. The summed E-state index contributed by atoms with van der Waals surface area (Å²) in [7, 11) is 3.36. The van der Waals surface area contributed by atoms with E-state index < -0.39 is 0 Å². The Balaban J connectivity index is 4.49. The van der Waals surface area contributed by atoms with E-state index in [1.165, 1.54) is 0 Å². The lowest BCUT2D eigenvalue weighted by Crippen LogP contribution is -2.20. The van der Waals surface area contributed by atoms with Crippen LogP contribution in [-0.2, 0) is 4.74 Å². The number of ether oxygens (including phenoxy) is 1. The van der Waals surface area contributed by atoms with Crippen molar-refractivity contribution in [3.05, 3.63) is 10.7 Å². The molecule has 0 aliphatic carbocycles. The number of likely N-dealkylation sites (N-methyl/N-ethyl adjacent to an activating group) is 1. The van der Waals surface area contributed by atoms with E-state index in [1.54, 1.807) is 14.2 Å². The van der Waals surface area contributed by atoms with Crippen LogP contribution in [0.4, 0.5) is 0 Å². The van der Waals surface area contributed by atoms with Crippen LogP contribution in [0.25, 0.3) is 0 Å². The highest BCUT2D eigenvalue weighted by Crippen LogP contribution is 2.12. The van der Waals surface area contributed by atoms with Gasteiger partial charge in [-0.3, -0.25) is 0 Å². The van der Waals surface area contributed by atoms with E-state index in [-0.39, 0.29) is 0 Å². The number of alkyl halides is 1. The smallest absolute Gasteiger partial charge is 0.203 e. The van der Waals surface area contributed by atoms with Crippen LogP contribution in [0.5, 0.6) is 0 Å². The summed E-state index contributed by atoms with van der Waals surface area (Å²) in [5.74, 6) is 0.913. The first kappa shape index (κ1) is 12.8. The van der Waals surface area contributed by atoms with Crippen molar-refractivity contribution in [3.8, 4) is 0 Å². The molecule has 0 spiro atoms.